The predicted octanol–water partition coefficient (Wildman–Crippen LogP) is 1.08. The van der Waals surface area contributed by atoms with E-state index < -0.39 is 18.1 Å². The number of hydrogen-bond acceptors (Lipinski definition) is 4. The zero-order valence-corrected chi connectivity index (χ0v) is 11.4. The van der Waals surface area contributed by atoms with Gasteiger partial charge in [-0.1, -0.05) is 12.1 Å². The van der Waals surface area contributed by atoms with Gasteiger partial charge in [-0.05, 0) is 19.1 Å². The Morgan fingerprint density at radius 2 is 2.25 bits per heavy atom. The number of nitrogens with one attached hydrogen (secondary N) is 1. The summed E-state index contributed by atoms with van der Waals surface area (Å²) in [5, 5.41) is 12.1. The first kappa shape index (κ1) is 13.1. The van der Waals surface area contributed by atoms with Crippen molar-refractivity contribution >= 4 is 17.0 Å². The topological polar surface area (TPSA) is 76.4 Å². The van der Waals surface area contributed by atoms with Crippen LogP contribution in [0.3, 0.4) is 0 Å². The average molecular weight is 275 g/mol. The van der Waals surface area contributed by atoms with E-state index in [2.05, 4.69) is 10.3 Å². The first-order chi connectivity index (χ1) is 9.58. The highest BCUT2D eigenvalue weighted by Crippen LogP contribution is 2.25. The molecule has 0 saturated carbocycles. The van der Waals surface area contributed by atoms with E-state index in [-0.39, 0.29) is 6.10 Å². The molecule has 2 heterocycles. The molecule has 0 amide bonds. The fraction of sp³-hybridized carbons (Fsp3) is 0.429. The molecule has 1 aromatic heterocycles. The summed E-state index contributed by atoms with van der Waals surface area (Å²) in [6.07, 6.45) is -0.635. The van der Waals surface area contributed by atoms with Gasteiger partial charge in [0.2, 0.25) is 0 Å². The molecule has 1 saturated heterocycles. The van der Waals surface area contributed by atoms with Crippen LogP contribution in [0.2, 0.25) is 0 Å². The van der Waals surface area contributed by atoms with Crippen molar-refractivity contribution in [3.8, 4) is 0 Å². The Bertz CT molecular complexity index is 652. The van der Waals surface area contributed by atoms with Gasteiger partial charge in [-0.3, -0.25) is 10.1 Å². The Labute approximate surface area is 116 Å². The SMILES string of the molecule is CC1OC(c2nc3ccccc3n2C)CNC1C(=O)O. The van der Waals surface area contributed by atoms with Crippen LogP contribution in [0.5, 0.6) is 0 Å². The quantitative estimate of drug-likeness (QED) is 0.857. The Balaban J connectivity index is 1.89. The molecule has 1 aliphatic heterocycles. The molecule has 2 N–H and O–H groups in total. The average Bonchev–Trinajstić information content (AvgIpc) is 2.76. The Kier molecular flexibility index (Phi) is 3.19. The number of carboxylic acid groups (broad SMARTS) is 1. The van der Waals surface area contributed by atoms with Gasteiger partial charge in [0.15, 0.2) is 0 Å². The van der Waals surface area contributed by atoms with Crippen LogP contribution in [-0.4, -0.2) is 39.3 Å². The lowest BCUT2D eigenvalue weighted by Crippen LogP contribution is -2.52. The number of para-hydroxylation sites is 2. The molecular weight excluding hydrogens is 258 g/mol. The van der Waals surface area contributed by atoms with E-state index in [1.54, 1.807) is 6.92 Å². The van der Waals surface area contributed by atoms with Crippen LogP contribution in [0.15, 0.2) is 24.3 Å². The molecule has 3 unspecified atom stereocenters. The van der Waals surface area contributed by atoms with Crippen LogP contribution in [0.4, 0.5) is 0 Å². The molecule has 0 bridgehead atoms. The summed E-state index contributed by atoms with van der Waals surface area (Å²) in [6, 6.07) is 7.21. The molecule has 1 aromatic carbocycles. The molecule has 0 radical (unpaired) electrons. The van der Waals surface area contributed by atoms with Gasteiger partial charge in [0.25, 0.3) is 0 Å². The maximum absolute atomic E-state index is 11.1. The zero-order chi connectivity index (χ0) is 14.3. The second-order valence-electron chi connectivity index (χ2n) is 5.07. The number of rotatable bonds is 2. The minimum atomic E-state index is -0.888. The normalized spacial score (nSPS) is 26.8. The number of carboxylic acids is 1. The second kappa shape index (κ2) is 4.88. The van der Waals surface area contributed by atoms with Crippen molar-refractivity contribution in [1.29, 1.82) is 0 Å². The van der Waals surface area contributed by atoms with E-state index in [9.17, 15) is 4.79 Å². The molecule has 0 aliphatic carbocycles. The maximum atomic E-state index is 11.1. The largest absolute Gasteiger partial charge is 0.480 e. The Morgan fingerprint density at radius 3 is 2.90 bits per heavy atom. The number of carbonyl (C=O) groups is 1. The smallest absolute Gasteiger partial charge is 0.323 e. The molecule has 106 valence electrons. The number of morpholine rings is 1. The molecule has 2 aromatic rings. The summed E-state index contributed by atoms with van der Waals surface area (Å²) in [4.78, 5) is 15.6. The van der Waals surface area contributed by atoms with Crippen molar-refractivity contribution < 1.29 is 14.6 Å². The lowest BCUT2D eigenvalue weighted by atomic mass is 10.1. The molecule has 3 atom stereocenters. The fourth-order valence-corrected chi connectivity index (χ4v) is 2.68. The molecular formula is C14H17N3O3. The summed E-state index contributed by atoms with van der Waals surface area (Å²) in [5.74, 6) is -0.0738. The summed E-state index contributed by atoms with van der Waals surface area (Å²) >= 11 is 0. The number of aromatic nitrogens is 2. The van der Waals surface area contributed by atoms with E-state index in [1.807, 2.05) is 35.9 Å². The summed E-state index contributed by atoms with van der Waals surface area (Å²) in [6.45, 7) is 2.21. The van der Waals surface area contributed by atoms with Crippen molar-refractivity contribution in [1.82, 2.24) is 14.9 Å². The van der Waals surface area contributed by atoms with Gasteiger partial charge in [-0.15, -0.1) is 0 Å². The number of hydrogen-bond donors (Lipinski definition) is 2. The van der Waals surface area contributed by atoms with Crippen LogP contribution in [0, 0.1) is 0 Å². The highest BCUT2D eigenvalue weighted by atomic mass is 16.5. The zero-order valence-electron chi connectivity index (χ0n) is 11.4. The lowest BCUT2D eigenvalue weighted by Gasteiger charge is -2.33. The number of nitrogens with zero attached hydrogens (tertiary/aromatic N) is 2. The first-order valence-corrected chi connectivity index (χ1v) is 6.61. The maximum Gasteiger partial charge on any atom is 0.323 e. The third kappa shape index (κ3) is 2.07. The van der Waals surface area contributed by atoms with Crippen LogP contribution in [0.1, 0.15) is 18.9 Å². The summed E-state index contributed by atoms with van der Waals surface area (Å²) in [5.41, 5.74) is 1.96. The van der Waals surface area contributed by atoms with Crippen molar-refractivity contribution in [2.75, 3.05) is 6.54 Å². The Hall–Kier alpha value is -1.92. The van der Waals surface area contributed by atoms with Gasteiger partial charge >= 0.3 is 5.97 Å². The molecule has 6 nitrogen and oxygen atoms in total. The number of ether oxygens (including phenoxy) is 1. The highest BCUT2D eigenvalue weighted by molar-refractivity contribution is 5.76. The Morgan fingerprint density at radius 1 is 1.50 bits per heavy atom. The molecule has 3 rings (SSSR count). The molecule has 6 heteroatoms. The van der Waals surface area contributed by atoms with E-state index in [0.717, 1.165) is 16.9 Å². The van der Waals surface area contributed by atoms with Crippen LogP contribution >= 0.6 is 0 Å². The van der Waals surface area contributed by atoms with Crippen molar-refractivity contribution in [2.24, 2.45) is 7.05 Å². The van der Waals surface area contributed by atoms with Crippen LogP contribution < -0.4 is 5.32 Å². The van der Waals surface area contributed by atoms with Crippen LogP contribution in [-0.2, 0) is 16.6 Å². The summed E-state index contributed by atoms with van der Waals surface area (Å²) < 4.78 is 7.83. The molecule has 0 spiro atoms. The van der Waals surface area contributed by atoms with E-state index in [1.165, 1.54) is 0 Å². The first-order valence-electron chi connectivity index (χ1n) is 6.61. The van der Waals surface area contributed by atoms with Gasteiger partial charge in [0.05, 0.1) is 17.1 Å². The third-order valence-electron chi connectivity index (χ3n) is 3.75. The number of fused-ring (bicyclic) bond motifs is 1. The standard InChI is InChI=1S/C14H17N3O3/c1-8-12(14(18)19)15-7-11(20-8)13-16-9-5-3-4-6-10(9)17(13)2/h3-6,8,11-12,15H,7H2,1-2H3,(H,18,19). The fourth-order valence-electron chi connectivity index (χ4n) is 2.68. The molecule has 1 fully saturated rings. The van der Waals surface area contributed by atoms with Gasteiger partial charge in [-0.25, -0.2) is 4.98 Å². The van der Waals surface area contributed by atoms with Crippen LogP contribution in [0.25, 0.3) is 11.0 Å². The third-order valence-corrected chi connectivity index (χ3v) is 3.75. The predicted molar refractivity (Wildman–Crippen MR) is 73.4 cm³/mol. The summed E-state index contributed by atoms with van der Waals surface area (Å²) in [7, 11) is 1.95. The van der Waals surface area contributed by atoms with E-state index in [4.69, 9.17) is 9.84 Å². The molecule has 20 heavy (non-hydrogen) atoms. The van der Waals surface area contributed by atoms with E-state index in [0.29, 0.717) is 6.54 Å². The monoisotopic (exact) mass is 275 g/mol. The van der Waals surface area contributed by atoms with Gasteiger partial charge in [0.1, 0.15) is 18.0 Å². The van der Waals surface area contributed by atoms with Crippen molar-refractivity contribution in [3.63, 3.8) is 0 Å². The number of imidazole rings is 1. The van der Waals surface area contributed by atoms with Crippen molar-refractivity contribution in [2.45, 2.75) is 25.2 Å². The second-order valence-corrected chi connectivity index (χ2v) is 5.07. The lowest BCUT2D eigenvalue weighted by molar-refractivity contribution is -0.149. The highest BCUT2D eigenvalue weighted by Gasteiger charge is 2.34. The van der Waals surface area contributed by atoms with Gasteiger partial charge in [-0.2, -0.15) is 0 Å². The number of benzene rings is 1. The minimum absolute atomic E-state index is 0.238. The number of aryl methyl sites for hydroxylation is 1. The van der Waals surface area contributed by atoms with Gasteiger partial charge in [0, 0.05) is 13.6 Å². The minimum Gasteiger partial charge on any atom is -0.480 e. The number of aliphatic carboxylic acids is 1. The van der Waals surface area contributed by atoms with Gasteiger partial charge < -0.3 is 14.4 Å². The van der Waals surface area contributed by atoms with E-state index >= 15 is 0 Å². The molecule has 1 aliphatic rings. The van der Waals surface area contributed by atoms with Crippen molar-refractivity contribution in [3.05, 3.63) is 30.1 Å².